The van der Waals surface area contributed by atoms with Crippen LogP contribution >= 0.6 is 0 Å². The van der Waals surface area contributed by atoms with Gasteiger partial charge in [0.15, 0.2) is 0 Å². The van der Waals surface area contributed by atoms with Crippen LogP contribution in [0.1, 0.15) is 30.4 Å². The Hall–Kier alpha value is -1.38. The highest BCUT2D eigenvalue weighted by Gasteiger charge is 2.47. The Morgan fingerprint density at radius 1 is 1.33 bits per heavy atom. The molecule has 1 aromatic carbocycles. The zero-order valence-corrected chi connectivity index (χ0v) is 10.5. The van der Waals surface area contributed by atoms with E-state index in [0.717, 1.165) is 24.8 Å². The highest BCUT2D eigenvalue weighted by atomic mass is 19.1. The first-order chi connectivity index (χ1) is 8.66. The molecule has 0 aliphatic heterocycles. The molecule has 2 fully saturated rings. The van der Waals surface area contributed by atoms with Crippen molar-refractivity contribution >= 4 is 6.21 Å². The van der Waals surface area contributed by atoms with Crippen molar-refractivity contribution in [2.75, 3.05) is 0 Å². The maximum atomic E-state index is 14.0. The molecular formula is C15H18FNO. The first-order valence-corrected chi connectivity index (χ1v) is 6.62. The average Bonchev–Trinajstić information content (AvgIpc) is 2.93. The number of benzene rings is 1. The highest BCUT2D eigenvalue weighted by molar-refractivity contribution is 5.84. The van der Waals surface area contributed by atoms with E-state index in [2.05, 4.69) is 4.99 Å². The van der Waals surface area contributed by atoms with Crippen molar-refractivity contribution in [3.8, 4) is 5.75 Å². The topological polar surface area (TPSA) is 32.6 Å². The summed E-state index contributed by atoms with van der Waals surface area (Å²) in [5.41, 5.74) is 1.51. The molecule has 4 atom stereocenters. The van der Waals surface area contributed by atoms with Crippen molar-refractivity contribution in [2.24, 2.45) is 16.8 Å². The lowest BCUT2D eigenvalue weighted by atomic mass is 9.94. The lowest BCUT2D eigenvalue weighted by molar-refractivity contribution is 0.204. The van der Waals surface area contributed by atoms with Crippen LogP contribution in [0.3, 0.4) is 0 Å². The van der Waals surface area contributed by atoms with Gasteiger partial charge in [-0.25, -0.2) is 4.39 Å². The number of para-hydroxylation sites is 1. The van der Waals surface area contributed by atoms with Crippen LogP contribution in [0, 0.1) is 18.8 Å². The average molecular weight is 247 g/mol. The van der Waals surface area contributed by atoms with Crippen molar-refractivity contribution in [2.45, 2.75) is 38.4 Å². The molecule has 2 saturated carbocycles. The van der Waals surface area contributed by atoms with Crippen LogP contribution < -0.4 is 0 Å². The Labute approximate surface area is 107 Å². The van der Waals surface area contributed by atoms with Gasteiger partial charge in [0, 0.05) is 11.8 Å². The molecule has 2 aliphatic rings. The van der Waals surface area contributed by atoms with Gasteiger partial charge in [-0.15, -0.1) is 0 Å². The van der Waals surface area contributed by atoms with Crippen molar-refractivity contribution in [1.29, 1.82) is 0 Å². The van der Waals surface area contributed by atoms with Crippen LogP contribution in [-0.4, -0.2) is 23.5 Å². The van der Waals surface area contributed by atoms with Crippen LogP contribution in [0.5, 0.6) is 5.75 Å². The summed E-state index contributed by atoms with van der Waals surface area (Å²) in [5.74, 6) is 0.885. The van der Waals surface area contributed by atoms with Gasteiger partial charge in [0.25, 0.3) is 0 Å². The highest BCUT2D eigenvalue weighted by Crippen LogP contribution is 2.47. The summed E-state index contributed by atoms with van der Waals surface area (Å²) in [5, 5.41) is 9.88. The smallest absolute Gasteiger partial charge is 0.127 e. The van der Waals surface area contributed by atoms with E-state index in [0.29, 0.717) is 11.5 Å². The maximum Gasteiger partial charge on any atom is 0.127 e. The number of hydrogen-bond acceptors (Lipinski definition) is 2. The first kappa shape index (κ1) is 11.7. The number of aryl methyl sites for hydroxylation is 1. The number of halogens is 1. The Bertz CT molecular complexity index is 483. The Kier molecular flexibility index (Phi) is 2.84. The molecule has 2 nitrogen and oxygen atoms in total. The number of hydrogen-bond donors (Lipinski definition) is 1. The Morgan fingerprint density at radius 2 is 2.11 bits per heavy atom. The number of alkyl halides is 1. The van der Waals surface area contributed by atoms with Gasteiger partial charge < -0.3 is 5.11 Å². The molecule has 0 radical (unpaired) electrons. The van der Waals surface area contributed by atoms with Crippen LogP contribution in [0.25, 0.3) is 0 Å². The van der Waals surface area contributed by atoms with Crippen LogP contribution in [0.2, 0.25) is 0 Å². The molecule has 0 spiro atoms. The summed E-state index contributed by atoms with van der Waals surface area (Å²) >= 11 is 0. The predicted octanol–water partition coefficient (Wildman–Crippen LogP) is 3.26. The van der Waals surface area contributed by atoms with E-state index < -0.39 is 6.17 Å². The number of rotatable bonds is 2. The third-order valence-corrected chi connectivity index (χ3v) is 4.43. The summed E-state index contributed by atoms with van der Waals surface area (Å²) in [4.78, 5) is 4.40. The molecule has 3 rings (SSSR count). The van der Waals surface area contributed by atoms with Gasteiger partial charge >= 0.3 is 0 Å². The second-order valence-electron chi connectivity index (χ2n) is 5.56. The van der Waals surface area contributed by atoms with Gasteiger partial charge in [0.2, 0.25) is 0 Å². The van der Waals surface area contributed by atoms with Gasteiger partial charge in [0.1, 0.15) is 11.9 Å². The second-order valence-corrected chi connectivity index (χ2v) is 5.56. The lowest BCUT2D eigenvalue weighted by Crippen LogP contribution is -2.27. The fourth-order valence-corrected chi connectivity index (χ4v) is 3.35. The fourth-order valence-electron chi connectivity index (χ4n) is 3.35. The van der Waals surface area contributed by atoms with E-state index >= 15 is 0 Å². The number of phenols is 1. The van der Waals surface area contributed by atoms with Gasteiger partial charge in [-0.2, -0.15) is 0 Å². The second kappa shape index (κ2) is 4.38. The van der Waals surface area contributed by atoms with Gasteiger partial charge in [-0.1, -0.05) is 12.1 Å². The number of aromatic hydroxyl groups is 1. The molecule has 2 bridgehead atoms. The van der Waals surface area contributed by atoms with Crippen molar-refractivity contribution in [3.05, 3.63) is 29.3 Å². The zero-order valence-electron chi connectivity index (χ0n) is 10.5. The molecule has 0 amide bonds. The third-order valence-electron chi connectivity index (χ3n) is 4.43. The molecule has 2 aliphatic carbocycles. The van der Waals surface area contributed by atoms with Crippen LogP contribution in [0.4, 0.5) is 4.39 Å². The van der Waals surface area contributed by atoms with E-state index in [1.54, 1.807) is 6.21 Å². The van der Waals surface area contributed by atoms with E-state index in [1.165, 1.54) is 0 Å². The minimum absolute atomic E-state index is 0.191. The van der Waals surface area contributed by atoms with Crippen molar-refractivity contribution in [3.63, 3.8) is 0 Å². The van der Waals surface area contributed by atoms with Gasteiger partial charge in [-0.05, 0) is 49.7 Å². The Morgan fingerprint density at radius 3 is 2.83 bits per heavy atom. The summed E-state index contributed by atoms with van der Waals surface area (Å²) in [6, 6.07) is 5.35. The van der Waals surface area contributed by atoms with Crippen LogP contribution in [-0.2, 0) is 0 Å². The molecule has 96 valence electrons. The summed E-state index contributed by atoms with van der Waals surface area (Å²) in [6.07, 6.45) is 3.97. The Balaban J connectivity index is 1.80. The molecule has 0 saturated heterocycles. The number of aliphatic imine (C=N–C) groups is 1. The minimum Gasteiger partial charge on any atom is -0.507 e. The quantitative estimate of drug-likeness (QED) is 0.799. The van der Waals surface area contributed by atoms with Gasteiger partial charge in [0.05, 0.1) is 6.04 Å². The van der Waals surface area contributed by atoms with Gasteiger partial charge in [-0.3, -0.25) is 4.99 Å². The summed E-state index contributed by atoms with van der Waals surface area (Å²) < 4.78 is 14.0. The standard InChI is InChI=1S/C15H18FNO/c1-9-3-2-4-12(15(9)18)8-17-14-11-6-5-10(7-11)13(14)16/h2-4,8,10-11,13-14,18H,5-7H2,1H3. The molecule has 1 aromatic rings. The summed E-state index contributed by atoms with van der Waals surface area (Å²) in [6.45, 7) is 1.85. The minimum atomic E-state index is -0.785. The number of nitrogens with zero attached hydrogens (tertiary/aromatic N) is 1. The fraction of sp³-hybridized carbons (Fsp3) is 0.533. The van der Waals surface area contributed by atoms with Crippen molar-refractivity contribution in [1.82, 2.24) is 0 Å². The number of fused-ring (bicyclic) bond motifs is 2. The first-order valence-electron chi connectivity index (χ1n) is 6.62. The summed E-state index contributed by atoms with van der Waals surface area (Å²) in [7, 11) is 0. The molecule has 3 heteroatoms. The zero-order chi connectivity index (χ0) is 12.7. The van der Waals surface area contributed by atoms with E-state index in [-0.39, 0.29) is 17.7 Å². The van der Waals surface area contributed by atoms with E-state index in [1.807, 2.05) is 25.1 Å². The molecule has 0 aromatic heterocycles. The maximum absolute atomic E-state index is 14.0. The monoisotopic (exact) mass is 247 g/mol. The predicted molar refractivity (Wildman–Crippen MR) is 70.0 cm³/mol. The lowest BCUT2D eigenvalue weighted by Gasteiger charge is -2.21. The normalized spacial score (nSPS) is 34.6. The number of phenolic OH excluding ortho intramolecular Hbond substituents is 1. The van der Waals surface area contributed by atoms with Crippen molar-refractivity contribution < 1.29 is 9.50 Å². The molecule has 18 heavy (non-hydrogen) atoms. The largest absolute Gasteiger partial charge is 0.507 e. The SMILES string of the molecule is Cc1cccc(C=NC2C3CCC(C3)C2F)c1O. The molecular weight excluding hydrogens is 229 g/mol. The molecule has 0 heterocycles. The van der Waals surface area contributed by atoms with Crippen LogP contribution in [0.15, 0.2) is 23.2 Å². The van der Waals surface area contributed by atoms with E-state index in [9.17, 15) is 9.50 Å². The molecule has 1 N–H and O–H groups in total. The third kappa shape index (κ3) is 1.82. The van der Waals surface area contributed by atoms with E-state index in [4.69, 9.17) is 0 Å². The molecule has 4 unspecified atom stereocenters.